The molecule has 1 N–H and O–H groups in total. The number of aryl methyl sites for hydroxylation is 2. The topological polar surface area (TPSA) is 30.5 Å². The number of hydrogen-bond acceptors (Lipinski definition) is 3. The van der Waals surface area contributed by atoms with Gasteiger partial charge < -0.3 is 14.8 Å². The first-order valence-corrected chi connectivity index (χ1v) is 5.07. The van der Waals surface area contributed by atoms with Crippen molar-refractivity contribution in [1.82, 2.24) is 0 Å². The summed E-state index contributed by atoms with van der Waals surface area (Å²) < 4.78 is 10.2. The summed E-state index contributed by atoms with van der Waals surface area (Å²) in [5.74, 6) is 0.935. The first-order chi connectivity index (χ1) is 7.19. The third kappa shape index (κ3) is 3.13. The van der Waals surface area contributed by atoms with Crippen LogP contribution in [-0.2, 0) is 4.74 Å². The summed E-state index contributed by atoms with van der Waals surface area (Å²) in [4.78, 5) is 0. The maximum absolute atomic E-state index is 5.25. The molecule has 0 aliphatic carbocycles. The fraction of sp³-hybridized carbons (Fsp3) is 0.500. The number of methoxy groups -OCH3 is 2. The molecule has 0 fully saturated rings. The van der Waals surface area contributed by atoms with Crippen LogP contribution in [0.2, 0.25) is 0 Å². The number of benzene rings is 1. The van der Waals surface area contributed by atoms with Crippen molar-refractivity contribution < 1.29 is 9.47 Å². The fourth-order valence-electron chi connectivity index (χ4n) is 1.49. The van der Waals surface area contributed by atoms with E-state index in [0.29, 0.717) is 6.61 Å². The van der Waals surface area contributed by atoms with Crippen molar-refractivity contribution in [2.45, 2.75) is 13.8 Å². The molecule has 0 heterocycles. The molecule has 0 saturated heterocycles. The summed E-state index contributed by atoms with van der Waals surface area (Å²) in [5.41, 5.74) is 3.47. The first kappa shape index (κ1) is 11.9. The van der Waals surface area contributed by atoms with E-state index in [-0.39, 0.29) is 0 Å². The molecule has 1 aromatic rings. The van der Waals surface area contributed by atoms with Crippen LogP contribution in [0.5, 0.6) is 5.75 Å². The maximum atomic E-state index is 5.25. The average Bonchev–Trinajstić information content (AvgIpc) is 2.23. The molecule has 0 aliphatic rings. The quantitative estimate of drug-likeness (QED) is 0.755. The number of nitrogens with one attached hydrogen (secondary N) is 1. The average molecular weight is 209 g/mol. The zero-order chi connectivity index (χ0) is 11.3. The molecule has 0 atom stereocenters. The molecule has 84 valence electrons. The van der Waals surface area contributed by atoms with Crippen LogP contribution >= 0.6 is 0 Å². The predicted molar refractivity (Wildman–Crippen MR) is 62.8 cm³/mol. The lowest BCUT2D eigenvalue weighted by Crippen LogP contribution is -2.08. The van der Waals surface area contributed by atoms with Gasteiger partial charge in [-0.3, -0.25) is 0 Å². The van der Waals surface area contributed by atoms with Crippen LogP contribution in [0.25, 0.3) is 0 Å². The second kappa shape index (κ2) is 5.61. The highest BCUT2D eigenvalue weighted by molar-refractivity contribution is 5.56. The van der Waals surface area contributed by atoms with Gasteiger partial charge in [-0.25, -0.2) is 0 Å². The highest BCUT2D eigenvalue weighted by atomic mass is 16.5. The van der Waals surface area contributed by atoms with Crippen molar-refractivity contribution >= 4 is 5.69 Å². The molecule has 1 aromatic carbocycles. The van der Waals surface area contributed by atoms with Gasteiger partial charge in [0.15, 0.2) is 0 Å². The van der Waals surface area contributed by atoms with Gasteiger partial charge in [-0.1, -0.05) is 0 Å². The van der Waals surface area contributed by atoms with Gasteiger partial charge in [-0.2, -0.15) is 0 Å². The summed E-state index contributed by atoms with van der Waals surface area (Å²) in [6, 6.07) is 4.15. The van der Waals surface area contributed by atoms with Gasteiger partial charge in [-0.15, -0.1) is 0 Å². The Morgan fingerprint density at radius 2 is 1.87 bits per heavy atom. The standard InChI is InChI=1S/C12H19NO2/c1-9-8-12(15-4)10(2)7-11(9)13-5-6-14-3/h7-8,13H,5-6H2,1-4H3. The molecule has 3 heteroatoms. The Balaban J connectivity index is 2.76. The molecule has 0 unspecified atom stereocenters. The Morgan fingerprint density at radius 3 is 2.47 bits per heavy atom. The lowest BCUT2D eigenvalue weighted by Gasteiger charge is -2.12. The normalized spacial score (nSPS) is 10.1. The maximum Gasteiger partial charge on any atom is 0.122 e. The molecule has 0 amide bonds. The molecule has 0 aliphatic heterocycles. The molecular formula is C12H19NO2. The van der Waals surface area contributed by atoms with Crippen LogP contribution in [0.3, 0.4) is 0 Å². The summed E-state index contributed by atoms with van der Waals surface area (Å²) in [5, 5.41) is 3.33. The fourth-order valence-corrected chi connectivity index (χ4v) is 1.49. The van der Waals surface area contributed by atoms with E-state index in [1.54, 1.807) is 14.2 Å². The zero-order valence-corrected chi connectivity index (χ0v) is 9.89. The number of hydrogen-bond donors (Lipinski definition) is 1. The SMILES string of the molecule is COCCNc1cc(C)c(OC)cc1C. The minimum atomic E-state index is 0.713. The third-order valence-electron chi connectivity index (χ3n) is 2.36. The molecule has 0 radical (unpaired) electrons. The van der Waals surface area contributed by atoms with E-state index >= 15 is 0 Å². The predicted octanol–water partition coefficient (Wildman–Crippen LogP) is 2.37. The molecule has 0 aromatic heterocycles. The van der Waals surface area contributed by atoms with Gasteiger partial charge >= 0.3 is 0 Å². The lowest BCUT2D eigenvalue weighted by atomic mass is 10.1. The van der Waals surface area contributed by atoms with Crippen molar-refractivity contribution in [3.63, 3.8) is 0 Å². The Kier molecular flexibility index (Phi) is 4.43. The molecule has 0 saturated carbocycles. The van der Waals surface area contributed by atoms with E-state index in [1.807, 2.05) is 13.0 Å². The number of ether oxygens (including phenoxy) is 2. The Hall–Kier alpha value is -1.22. The van der Waals surface area contributed by atoms with E-state index in [9.17, 15) is 0 Å². The van der Waals surface area contributed by atoms with Crippen molar-refractivity contribution in [3.05, 3.63) is 23.3 Å². The van der Waals surface area contributed by atoms with Gasteiger partial charge in [0.2, 0.25) is 0 Å². The first-order valence-electron chi connectivity index (χ1n) is 5.07. The molecule has 1 rings (SSSR count). The number of anilines is 1. The van der Waals surface area contributed by atoms with Crippen LogP contribution in [0.4, 0.5) is 5.69 Å². The van der Waals surface area contributed by atoms with Crippen molar-refractivity contribution in [2.24, 2.45) is 0 Å². The molecule has 0 bridgehead atoms. The monoisotopic (exact) mass is 209 g/mol. The van der Waals surface area contributed by atoms with Gasteiger partial charge in [0.25, 0.3) is 0 Å². The Morgan fingerprint density at radius 1 is 1.13 bits per heavy atom. The van der Waals surface area contributed by atoms with Crippen molar-refractivity contribution in [1.29, 1.82) is 0 Å². The third-order valence-corrected chi connectivity index (χ3v) is 2.36. The highest BCUT2D eigenvalue weighted by Crippen LogP contribution is 2.25. The molecule has 0 spiro atoms. The van der Waals surface area contributed by atoms with Gasteiger partial charge in [0, 0.05) is 19.3 Å². The molecular weight excluding hydrogens is 190 g/mol. The Bertz CT molecular complexity index is 324. The van der Waals surface area contributed by atoms with E-state index in [1.165, 1.54) is 5.56 Å². The summed E-state index contributed by atoms with van der Waals surface area (Å²) in [7, 11) is 3.40. The van der Waals surface area contributed by atoms with Crippen LogP contribution in [0.1, 0.15) is 11.1 Å². The Labute approximate surface area is 91.4 Å². The van der Waals surface area contributed by atoms with Gasteiger partial charge in [-0.05, 0) is 37.1 Å². The number of rotatable bonds is 5. The van der Waals surface area contributed by atoms with E-state index < -0.39 is 0 Å². The van der Waals surface area contributed by atoms with E-state index in [2.05, 4.69) is 18.3 Å². The highest BCUT2D eigenvalue weighted by Gasteiger charge is 2.03. The summed E-state index contributed by atoms with van der Waals surface area (Å²) in [6.07, 6.45) is 0. The van der Waals surface area contributed by atoms with Gasteiger partial charge in [0.1, 0.15) is 5.75 Å². The van der Waals surface area contributed by atoms with Crippen LogP contribution in [0, 0.1) is 13.8 Å². The van der Waals surface area contributed by atoms with Crippen LogP contribution in [0.15, 0.2) is 12.1 Å². The second-order valence-electron chi connectivity index (χ2n) is 3.56. The van der Waals surface area contributed by atoms with Crippen molar-refractivity contribution in [2.75, 3.05) is 32.7 Å². The minimum absolute atomic E-state index is 0.713. The summed E-state index contributed by atoms with van der Waals surface area (Å²) in [6.45, 7) is 5.64. The largest absolute Gasteiger partial charge is 0.496 e. The second-order valence-corrected chi connectivity index (χ2v) is 3.56. The lowest BCUT2D eigenvalue weighted by molar-refractivity contribution is 0.211. The van der Waals surface area contributed by atoms with E-state index in [4.69, 9.17) is 9.47 Å². The van der Waals surface area contributed by atoms with Crippen molar-refractivity contribution in [3.8, 4) is 5.75 Å². The van der Waals surface area contributed by atoms with Gasteiger partial charge in [0.05, 0.1) is 13.7 Å². The smallest absolute Gasteiger partial charge is 0.122 e. The molecule has 15 heavy (non-hydrogen) atoms. The van der Waals surface area contributed by atoms with Crippen LogP contribution in [-0.4, -0.2) is 27.4 Å². The summed E-state index contributed by atoms with van der Waals surface area (Å²) >= 11 is 0. The zero-order valence-electron chi connectivity index (χ0n) is 9.89. The van der Waals surface area contributed by atoms with E-state index in [0.717, 1.165) is 23.5 Å². The molecule has 3 nitrogen and oxygen atoms in total. The minimum Gasteiger partial charge on any atom is -0.496 e. The van der Waals surface area contributed by atoms with Crippen LogP contribution < -0.4 is 10.1 Å².